The number of alkyl halides is 2. The Morgan fingerprint density at radius 1 is 1.43 bits per heavy atom. The smallest absolute Gasteiger partial charge is 0.387 e. The van der Waals surface area contributed by atoms with Crippen molar-refractivity contribution in [2.75, 3.05) is 0 Å². The highest BCUT2D eigenvalue weighted by atomic mass is 19.3. The molecule has 0 aliphatic carbocycles. The lowest BCUT2D eigenvalue weighted by Crippen LogP contribution is -2.02. The van der Waals surface area contributed by atoms with Crippen LogP contribution in [0.1, 0.15) is 5.56 Å². The summed E-state index contributed by atoms with van der Waals surface area (Å²) in [4.78, 5) is 10.1. The van der Waals surface area contributed by atoms with Crippen LogP contribution in [0.5, 0.6) is 5.75 Å². The van der Waals surface area contributed by atoms with E-state index in [4.69, 9.17) is 0 Å². The molecule has 0 saturated heterocycles. The maximum absolute atomic E-state index is 13.0. The number of halogens is 3. The zero-order valence-electron chi connectivity index (χ0n) is 7.04. The molecule has 0 heterocycles. The number of rotatable bonds is 4. The van der Waals surface area contributed by atoms with Gasteiger partial charge in [-0.2, -0.15) is 8.78 Å². The maximum Gasteiger partial charge on any atom is 0.387 e. The summed E-state index contributed by atoms with van der Waals surface area (Å²) in [6.07, 6.45) is 0.451. The maximum atomic E-state index is 13.0. The molecule has 0 saturated carbocycles. The molecule has 0 aliphatic heterocycles. The van der Waals surface area contributed by atoms with Gasteiger partial charge in [-0.3, -0.25) is 0 Å². The van der Waals surface area contributed by atoms with E-state index < -0.39 is 12.4 Å². The molecule has 0 amide bonds. The van der Waals surface area contributed by atoms with E-state index in [1.807, 2.05) is 0 Å². The van der Waals surface area contributed by atoms with Gasteiger partial charge in [0.25, 0.3) is 0 Å². The van der Waals surface area contributed by atoms with Gasteiger partial charge in [-0.1, -0.05) is 6.07 Å². The second-order valence-corrected chi connectivity index (χ2v) is 2.50. The van der Waals surface area contributed by atoms with Crippen molar-refractivity contribution in [3.63, 3.8) is 0 Å². The van der Waals surface area contributed by atoms with Crippen LogP contribution in [0.2, 0.25) is 0 Å². The van der Waals surface area contributed by atoms with Crippen LogP contribution in [0.4, 0.5) is 13.2 Å². The van der Waals surface area contributed by atoms with Gasteiger partial charge in [-0.05, 0) is 11.6 Å². The summed E-state index contributed by atoms with van der Waals surface area (Å²) < 4.78 is 40.4. The predicted octanol–water partition coefficient (Wildman–Crippen LogP) is 2.17. The lowest BCUT2D eigenvalue weighted by Gasteiger charge is -2.05. The van der Waals surface area contributed by atoms with Gasteiger partial charge in [0.15, 0.2) is 0 Å². The van der Waals surface area contributed by atoms with E-state index in [2.05, 4.69) is 4.74 Å². The van der Waals surface area contributed by atoms with Gasteiger partial charge in [0.2, 0.25) is 0 Å². The van der Waals surface area contributed by atoms with Crippen LogP contribution < -0.4 is 4.74 Å². The molecular weight excluding hydrogens is 197 g/mol. The first-order chi connectivity index (χ1) is 6.63. The van der Waals surface area contributed by atoms with E-state index in [1.165, 1.54) is 12.1 Å². The van der Waals surface area contributed by atoms with Gasteiger partial charge in [0, 0.05) is 12.5 Å². The molecule has 0 aromatic heterocycles. The van der Waals surface area contributed by atoms with Crippen molar-refractivity contribution in [2.45, 2.75) is 13.0 Å². The third-order valence-corrected chi connectivity index (χ3v) is 1.55. The first-order valence-corrected chi connectivity index (χ1v) is 3.80. The molecule has 2 nitrogen and oxygen atoms in total. The first kappa shape index (κ1) is 10.6. The average Bonchev–Trinajstić information content (AvgIpc) is 2.09. The van der Waals surface area contributed by atoms with Crippen molar-refractivity contribution >= 4 is 6.29 Å². The van der Waals surface area contributed by atoms with Crippen LogP contribution in [-0.4, -0.2) is 12.9 Å². The molecule has 0 spiro atoms. The van der Waals surface area contributed by atoms with Gasteiger partial charge >= 0.3 is 6.61 Å². The van der Waals surface area contributed by atoms with Gasteiger partial charge in [-0.15, -0.1) is 0 Å². The Balaban J connectivity index is 2.83. The summed E-state index contributed by atoms with van der Waals surface area (Å²) in [5, 5.41) is 0. The number of hydrogen-bond acceptors (Lipinski definition) is 2. The highest BCUT2D eigenvalue weighted by Gasteiger charge is 2.07. The van der Waals surface area contributed by atoms with Crippen LogP contribution in [0.3, 0.4) is 0 Å². The Hall–Kier alpha value is -1.52. The molecule has 0 atom stereocenters. The molecule has 0 aliphatic rings. The third kappa shape index (κ3) is 2.76. The van der Waals surface area contributed by atoms with Gasteiger partial charge < -0.3 is 9.53 Å². The van der Waals surface area contributed by atoms with Crippen molar-refractivity contribution in [1.29, 1.82) is 0 Å². The minimum Gasteiger partial charge on any atom is -0.435 e. The molecule has 0 radical (unpaired) electrons. The molecule has 1 aromatic rings. The number of carbonyl (C=O) groups excluding carboxylic acids is 1. The van der Waals surface area contributed by atoms with Crippen LogP contribution >= 0.6 is 0 Å². The van der Waals surface area contributed by atoms with Gasteiger partial charge in [-0.25, -0.2) is 4.39 Å². The molecular formula is C9H7F3O2. The van der Waals surface area contributed by atoms with E-state index >= 15 is 0 Å². The van der Waals surface area contributed by atoms with Crippen LogP contribution in [0.15, 0.2) is 18.2 Å². The minimum atomic E-state index is -2.98. The molecule has 14 heavy (non-hydrogen) atoms. The number of benzene rings is 1. The van der Waals surface area contributed by atoms with E-state index in [9.17, 15) is 18.0 Å². The van der Waals surface area contributed by atoms with Crippen LogP contribution in [0, 0.1) is 5.82 Å². The summed E-state index contributed by atoms with van der Waals surface area (Å²) >= 11 is 0. The zero-order valence-corrected chi connectivity index (χ0v) is 7.04. The second kappa shape index (κ2) is 4.64. The zero-order chi connectivity index (χ0) is 10.6. The van der Waals surface area contributed by atoms with Crippen molar-refractivity contribution in [3.8, 4) is 5.75 Å². The SMILES string of the molecule is O=CCc1ccc(OC(F)F)cc1F. The second-order valence-electron chi connectivity index (χ2n) is 2.50. The molecule has 0 N–H and O–H groups in total. The Bertz CT molecular complexity index is 326. The largest absolute Gasteiger partial charge is 0.435 e. The summed E-state index contributed by atoms with van der Waals surface area (Å²) in [6, 6.07) is 3.25. The molecule has 0 unspecified atom stereocenters. The average molecular weight is 204 g/mol. The number of ether oxygens (including phenoxy) is 1. The number of carbonyl (C=O) groups is 1. The summed E-state index contributed by atoms with van der Waals surface area (Å²) in [5.74, 6) is -0.984. The topological polar surface area (TPSA) is 26.3 Å². The highest BCUT2D eigenvalue weighted by molar-refractivity contribution is 5.55. The van der Waals surface area contributed by atoms with Gasteiger partial charge in [0.05, 0.1) is 0 Å². The molecule has 0 bridgehead atoms. The molecule has 1 aromatic carbocycles. The quantitative estimate of drug-likeness (QED) is 0.702. The monoisotopic (exact) mass is 204 g/mol. The van der Waals surface area contributed by atoms with Crippen molar-refractivity contribution in [2.24, 2.45) is 0 Å². The minimum absolute atomic E-state index is 0.0825. The van der Waals surface area contributed by atoms with Crippen molar-refractivity contribution in [1.82, 2.24) is 0 Å². The number of aldehydes is 1. The van der Waals surface area contributed by atoms with E-state index in [0.29, 0.717) is 6.29 Å². The third-order valence-electron chi connectivity index (χ3n) is 1.55. The van der Waals surface area contributed by atoms with Crippen LogP contribution in [0.25, 0.3) is 0 Å². The fourth-order valence-electron chi connectivity index (χ4n) is 0.960. The summed E-state index contributed by atoms with van der Waals surface area (Å²) in [5.41, 5.74) is 0.154. The number of hydrogen-bond donors (Lipinski definition) is 0. The Labute approximate surface area is 78.3 Å². The molecule has 0 fully saturated rings. The Morgan fingerprint density at radius 2 is 2.14 bits per heavy atom. The fourth-order valence-corrected chi connectivity index (χ4v) is 0.960. The fraction of sp³-hybridized carbons (Fsp3) is 0.222. The van der Waals surface area contributed by atoms with E-state index in [0.717, 1.165) is 6.07 Å². The molecule has 5 heteroatoms. The molecule has 76 valence electrons. The summed E-state index contributed by atoms with van der Waals surface area (Å²) in [7, 11) is 0. The van der Waals surface area contributed by atoms with Gasteiger partial charge in [0.1, 0.15) is 17.9 Å². The lowest BCUT2D eigenvalue weighted by atomic mass is 10.1. The Morgan fingerprint density at radius 3 is 2.64 bits per heavy atom. The molecule has 1 rings (SSSR count). The van der Waals surface area contributed by atoms with Crippen molar-refractivity contribution < 1.29 is 22.7 Å². The summed E-state index contributed by atoms with van der Waals surface area (Å²) in [6.45, 7) is -2.98. The standard InChI is InChI=1S/C9H7F3O2/c10-8-5-7(14-9(11)12)2-1-6(8)3-4-13/h1-2,4-5,9H,3H2. The predicted molar refractivity (Wildman–Crippen MR) is 42.8 cm³/mol. The van der Waals surface area contributed by atoms with E-state index in [-0.39, 0.29) is 17.7 Å². The van der Waals surface area contributed by atoms with Crippen LogP contribution in [-0.2, 0) is 11.2 Å². The highest BCUT2D eigenvalue weighted by Crippen LogP contribution is 2.18. The lowest BCUT2D eigenvalue weighted by molar-refractivity contribution is -0.107. The normalized spacial score (nSPS) is 10.3. The first-order valence-electron chi connectivity index (χ1n) is 3.80. The van der Waals surface area contributed by atoms with Crippen molar-refractivity contribution in [3.05, 3.63) is 29.6 Å². The Kier molecular flexibility index (Phi) is 3.50. The van der Waals surface area contributed by atoms with E-state index in [1.54, 1.807) is 0 Å².